The first-order chi connectivity index (χ1) is 10.8. The lowest BCUT2D eigenvalue weighted by atomic mass is 10.2. The highest BCUT2D eigenvalue weighted by Crippen LogP contribution is 2.12. The Morgan fingerprint density at radius 3 is 2.73 bits per heavy atom. The molecule has 118 valence electrons. The van der Waals surface area contributed by atoms with Gasteiger partial charge in [-0.15, -0.1) is 0 Å². The minimum absolute atomic E-state index is 0.675. The van der Waals surface area contributed by atoms with Crippen molar-refractivity contribution < 1.29 is 9.15 Å². The second-order valence-corrected chi connectivity index (χ2v) is 6.10. The molecule has 0 fully saturated rings. The molecule has 0 radical (unpaired) electrons. The van der Waals surface area contributed by atoms with E-state index in [0.29, 0.717) is 11.7 Å². The number of ether oxygens (including phenoxy) is 1. The summed E-state index contributed by atoms with van der Waals surface area (Å²) in [6, 6.07) is 11.8. The summed E-state index contributed by atoms with van der Waals surface area (Å²) in [7, 11) is 1.66. The van der Waals surface area contributed by atoms with Gasteiger partial charge in [0, 0.05) is 18.8 Å². The average Bonchev–Trinajstić information content (AvgIpc) is 3.06. The van der Waals surface area contributed by atoms with Crippen LogP contribution in [0.25, 0.3) is 0 Å². The van der Waals surface area contributed by atoms with E-state index in [1.165, 1.54) is 0 Å². The quantitative estimate of drug-likeness (QED) is 0.570. The third-order valence-corrected chi connectivity index (χ3v) is 4.24. The van der Waals surface area contributed by atoms with Gasteiger partial charge in [-0.3, -0.25) is 0 Å². The Morgan fingerprint density at radius 2 is 2.05 bits per heavy atom. The van der Waals surface area contributed by atoms with Crippen LogP contribution in [-0.2, 0) is 12.3 Å². The third-order valence-electron chi connectivity index (χ3n) is 2.97. The zero-order valence-electron chi connectivity index (χ0n) is 12.5. The van der Waals surface area contributed by atoms with Crippen LogP contribution in [0.2, 0.25) is 0 Å². The fourth-order valence-corrected chi connectivity index (χ4v) is 2.72. The number of rotatable bonds is 8. The zero-order valence-corrected chi connectivity index (χ0v) is 14.1. The monoisotopic (exact) mass is 336 g/mol. The predicted octanol–water partition coefficient (Wildman–Crippen LogP) is 3.19. The van der Waals surface area contributed by atoms with E-state index in [4.69, 9.17) is 21.4 Å². The number of furan rings is 1. The van der Waals surface area contributed by atoms with Gasteiger partial charge in [0.25, 0.3) is 0 Å². The van der Waals surface area contributed by atoms with Crippen molar-refractivity contribution in [2.24, 2.45) is 0 Å². The van der Waals surface area contributed by atoms with Gasteiger partial charge in [0.15, 0.2) is 5.11 Å². The van der Waals surface area contributed by atoms with Gasteiger partial charge in [-0.1, -0.05) is 12.1 Å². The maximum atomic E-state index is 5.28. The molecule has 1 aromatic heterocycles. The molecular formula is C16H20N2O2S2. The van der Waals surface area contributed by atoms with Gasteiger partial charge in [-0.2, -0.15) is 11.8 Å². The number of hydrogen-bond donors (Lipinski definition) is 2. The van der Waals surface area contributed by atoms with E-state index in [9.17, 15) is 0 Å². The summed E-state index contributed by atoms with van der Waals surface area (Å²) in [5, 5.41) is 7.07. The number of benzene rings is 1. The highest BCUT2D eigenvalue weighted by molar-refractivity contribution is 7.98. The Balaban J connectivity index is 1.55. The Bertz CT molecular complexity index is 556. The number of methoxy groups -OCH3 is 1. The maximum absolute atomic E-state index is 5.28. The van der Waals surface area contributed by atoms with Crippen molar-refractivity contribution in [2.45, 2.75) is 12.3 Å². The van der Waals surface area contributed by atoms with Crippen molar-refractivity contribution in [1.29, 1.82) is 0 Å². The smallest absolute Gasteiger partial charge is 0.166 e. The molecule has 0 spiro atoms. The molecule has 2 N–H and O–H groups in total. The van der Waals surface area contributed by atoms with Gasteiger partial charge < -0.3 is 19.8 Å². The molecule has 0 aliphatic rings. The van der Waals surface area contributed by atoms with Crippen LogP contribution in [0.5, 0.6) is 5.75 Å². The van der Waals surface area contributed by atoms with E-state index in [1.54, 1.807) is 13.4 Å². The van der Waals surface area contributed by atoms with E-state index in [-0.39, 0.29) is 0 Å². The Labute approximate surface area is 140 Å². The standard InChI is InChI=1S/C16H20N2O2S2/c1-19-14-6-4-13(5-7-14)11-18-16(21)17-8-10-22-12-15-3-2-9-20-15/h2-7,9H,8,10-12H2,1H3,(H2,17,18,21). The van der Waals surface area contributed by atoms with Gasteiger partial charge in [0.2, 0.25) is 0 Å². The third kappa shape index (κ3) is 5.99. The normalized spacial score (nSPS) is 10.2. The van der Waals surface area contributed by atoms with Crippen LogP contribution in [0.1, 0.15) is 11.3 Å². The highest BCUT2D eigenvalue weighted by atomic mass is 32.2. The number of thiocarbonyl (C=S) groups is 1. The lowest BCUT2D eigenvalue weighted by Crippen LogP contribution is -2.36. The van der Waals surface area contributed by atoms with Crippen molar-refractivity contribution in [2.75, 3.05) is 19.4 Å². The first-order valence-corrected chi connectivity index (χ1v) is 8.59. The summed E-state index contributed by atoms with van der Waals surface area (Å²) in [6.07, 6.45) is 1.70. The van der Waals surface area contributed by atoms with Gasteiger partial charge in [0.05, 0.1) is 19.1 Å². The summed E-state index contributed by atoms with van der Waals surface area (Å²) in [5.41, 5.74) is 1.16. The van der Waals surface area contributed by atoms with Gasteiger partial charge in [-0.25, -0.2) is 0 Å². The molecule has 2 aromatic rings. The van der Waals surface area contributed by atoms with Crippen molar-refractivity contribution in [3.8, 4) is 5.75 Å². The SMILES string of the molecule is COc1ccc(CNC(=S)NCCSCc2ccco2)cc1. The van der Waals surface area contributed by atoms with E-state index in [0.717, 1.165) is 35.1 Å². The second kappa shape index (κ2) is 9.38. The van der Waals surface area contributed by atoms with Gasteiger partial charge in [-0.05, 0) is 42.0 Å². The number of thioether (sulfide) groups is 1. The Morgan fingerprint density at radius 1 is 1.23 bits per heavy atom. The molecule has 1 heterocycles. The summed E-state index contributed by atoms with van der Waals surface area (Å²) >= 11 is 7.07. The van der Waals surface area contributed by atoms with Crippen molar-refractivity contribution in [3.63, 3.8) is 0 Å². The molecule has 1 aromatic carbocycles. The van der Waals surface area contributed by atoms with Crippen LogP contribution in [0.4, 0.5) is 0 Å². The lowest BCUT2D eigenvalue weighted by Gasteiger charge is -2.10. The predicted molar refractivity (Wildman–Crippen MR) is 95.3 cm³/mol. The lowest BCUT2D eigenvalue weighted by molar-refractivity contribution is 0.414. The second-order valence-electron chi connectivity index (χ2n) is 4.59. The van der Waals surface area contributed by atoms with Crippen LogP contribution in [0.15, 0.2) is 47.1 Å². The summed E-state index contributed by atoms with van der Waals surface area (Å²) in [4.78, 5) is 0. The molecule has 0 bridgehead atoms. The molecule has 6 heteroatoms. The Kier molecular flexibility index (Phi) is 7.12. The fourth-order valence-electron chi connectivity index (χ4n) is 1.79. The topological polar surface area (TPSA) is 46.4 Å². The largest absolute Gasteiger partial charge is 0.497 e. The highest BCUT2D eigenvalue weighted by Gasteiger charge is 1.99. The van der Waals surface area contributed by atoms with Crippen molar-refractivity contribution in [1.82, 2.24) is 10.6 Å². The molecule has 0 aliphatic carbocycles. The number of nitrogens with one attached hydrogen (secondary N) is 2. The summed E-state index contributed by atoms with van der Waals surface area (Å²) in [5.74, 6) is 3.73. The number of hydrogen-bond acceptors (Lipinski definition) is 4. The van der Waals surface area contributed by atoms with Crippen LogP contribution in [-0.4, -0.2) is 24.5 Å². The maximum Gasteiger partial charge on any atom is 0.166 e. The first kappa shape index (κ1) is 16.7. The molecule has 0 saturated heterocycles. The van der Waals surface area contributed by atoms with Crippen LogP contribution < -0.4 is 15.4 Å². The van der Waals surface area contributed by atoms with Crippen molar-refractivity contribution >= 4 is 29.1 Å². The van der Waals surface area contributed by atoms with E-state index >= 15 is 0 Å². The minimum Gasteiger partial charge on any atom is -0.497 e. The zero-order chi connectivity index (χ0) is 15.6. The minimum atomic E-state index is 0.675. The van der Waals surface area contributed by atoms with E-state index in [2.05, 4.69) is 10.6 Å². The molecule has 4 nitrogen and oxygen atoms in total. The molecule has 2 rings (SSSR count). The first-order valence-electron chi connectivity index (χ1n) is 7.02. The van der Waals surface area contributed by atoms with Gasteiger partial charge in [0.1, 0.15) is 11.5 Å². The molecule has 0 amide bonds. The van der Waals surface area contributed by atoms with Crippen LogP contribution in [0.3, 0.4) is 0 Å². The molecular weight excluding hydrogens is 316 g/mol. The molecule has 0 aliphatic heterocycles. The van der Waals surface area contributed by atoms with E-state index < -0.39 is 0 Å². The van der Waals surface area contributed by atoms with Crippen LogP contribution >= 0.6 is 24.0 Å². The summed E-state index contributed by atoms with van der Waals surface area (Å²) < 4.78 is 10.4. The molecule has 0 saturated carbocycles. The molecule has 22 heavy (non-hydrogen) atoms. The Hall–Kier alpha value is -1.66. The average molecular weight is 336 g/mol. The molecule has 0 unspecified atom stereocenters. The van der Waals surface area contributed by atoms with Crippen LogP contribution in [0, 0.1) is 0 Å². The molecule has 0 atom stereocenters. The summed E-state index contributed by atoms with van der Waals surface area (Å²) in [6.45, 7) is 1.54. The van der Waals surface area contributed by atoms with Crippen molar-refractivity contribution in [3.05, 3.63) is 54.0 Å². The fraction of sp³-hybridized carbons (Fsp3) is 0.312. The van der Waals surface area contributed by atoms with E-state index in [1.807, 2.05) is 48.2 Å². The van der Waals surface area contributed by atoms with Gasteiger partial charge >= 0.3 is 0 Å².